The monoisotopic (exact) mass is 342 g/mol. The molecular weight excluding hydrogens is 319 g/mol. The predicted octanol–water partition coefficient (Wildman–Crippen LogP) is 3.17. The quantitative estimate of drug-likeness (QED) is 0.836. The summed E-state index contributed by atoms with van der Waals surface area (Å²) in [6.45, 7) is 3.03. The number of nitrogens with zero attached hydrogens (tertiary/aromatic N) is 2. The molecule has 1 aliphatic carbocycles. The van der Waals surface area contributed by atoms with Gasteiger partial charge in [-0.05, 0) is 42.2 Å². The summed E-state index contributed by atoms with van der Waals surface area (Å²) in [5.74, 6) is -0.187. The Morgan fingerprint density at radius 3 is 2.84 bits per heavy atom. The summed E-state index contributed by atoms with van der Waals surface area (Å²) in [6.07, 6.45) is 5.94. The number of pyridine rings is 1. The fraction of sp³-hybridized carbons (Fsp3) is 0.450. The van der Waals surface area contributed by atoms with Crippen molar-refractivity contribution in [3.63, 3.8) is 0 Å². The summed E-state index contributed by atoms with van der Waals surface area (Å²) >= 11 is 0. The standard InChI is InChI=1S/C20H23FN2O2/c21-17-5-3-15(4-6-17)13-23-10-11-24-20-18(23)7-8-19(20)25-14-16-2-1-9-22-12-16/h1-6,9,12,18-20H,7-8,10-11,13-14H2/t18-,19-,20-/m0/s1. The van der Waals surface area contributed by atoms with Crippen LogP contribution in [0, 0.1) is 5.82 Å². The molecule has 0 radical (unpaired) electrons. The lowest BCUT2D eigenvalue weighted by Crippen LogP contribution is -2.51. The largest absolute Gasteiger partial charge is 0.373 e. The van der Waals surface area contributed by atoms with Gasteiger partial charge in [0.25, 0.3) is 0 Å². The van der Waals surface area contributed by atoms with E-state index in [0.29, 0.717) is 12.6 Å². The van der Waals surface area contributed by atoms with Crippen LogP contribution in [0.5, 0.6) is 0 Å². The molecule has 0 amide bonds. The Kier molecular flexibility index (Phi) is 5.06. The van der Waals surface area contributed by atoms with Crippen LogP contribution in [0.3, 0.4) is 0 Å². The van der Waals surface area contributed by atoms with Crippen LogP contribution < -0.4 is 0 Å². The number of ether oxygens (including phenoxy) is 2. The van der Waals surface area contributed by atoms with E-state index in [4.69, 9.17) is 9.47 Å². The smallest absolute Gasteiger partial charge is 0.123 e. The van der Waals surface area contributed by atoms with E-state index < -0.39 is 0 Å². The molecule has 0 bridgehead atoms. The highest BCUT2D eigenvalue weighted by Crippen LogP contribution is 2.33. The zero-order valence-electron chi connectivity index (χ0n) is 14.2. The van der Waals surface area contributed by atoms with Crippen molar-refractivity contribution in [1.29, 1.82) is 0 Å². The van der Waals surface area contributed by atoms with E-state index in [0.717, 1.165) is 43.7 Å². The van der Waals surface area contributed by atoms with Crippen LogP contribution in [-0.2, 0) is 22.6 Å². The SMILES string of the molecule is Fc1ccc(CN2CCO[C@@H]3[C@@H](OCc4cccnc4)CC[C@@H]32)cc1. The molecule has 1 saturated carbocycles. The number of rotatable bonds is 5. The van der Waals surface area contributed by atoms with Gasteiger partial charge in [0.15, 0.2) is 0 Å². The normalized spacial score (nSPS) is 26.5. The van der Waals surface area contributed by atoms with Crippen molar-refractivity contribution in [3.05, 3.63) is 65.7 Å². The molecule has 25 heavy (non-hydrogen) atoms. The third kappa shape index (κ3) is 3.89. The van der Waals surface area contributed by atoms with Gasteiger partial charge in [-0.25, -0.2) is 4.39 Å². The van der Waals surface area contributed by atoms with E-state index in [-0.39, 0.29) is 18.0 Å². The first kappa shape index (κ1) is 16.6. The van der Waals surface area contributed by atoms with Gasteiger partial charge in [-0.3, -0.25) is 9.88 Å². The van der Waals surface area contributed by atoms with Gasteiger partial charge in [-0.15, -0.1) is 0 Å². The summed E-state index contributed by atoms with van der Waals surface area (Å²) in [4.78, 5) is 6.58. The maximum atomic E-state index is 13.1. The number of benzene rings is 1. The topological polar surface area (TPSA) is 34.6 Å². The lowest BCUT2D eigenvalue weighted by atomic mass is 10.1. The Labute approximate surface area is 147 Å². The second kappa shape index (κ2) is 7.60. The molecule has 1 aromatic heterocycles. The van der Waals surface area contributed by atoms with Crippen molar-refractivity contribution in [3.8, 4) is 0 Å². The van der Waals surface area contributed by atoms with Crippen LogP contribution in [0.4, 0.5) is 4.39 Å². The van der Waals surface area contributed by atoms with Crippen LogP contribution in [0.2, 0.25) is 0 Å². The first-order valence-electron chi connectivity index (χ1n) is 8.90. The molecule has 0 unspecified atom stereocenters. The van der Waals surface area contributed by atoms with E-state index in [2.05, 4.69) is 9.88 Å². The lowest BCUT2D eigenvalue weighted by Gasteiger charge is -2.39. The Morgan fingerprint density at radius 2 is 2.04 bits per heavy atom. The Morgan fingerprint density at radius 1 is 1.16 bits per heavy atom. The number of hydrogen-bond acceptors (Lipinski definition) is 4. The van der Waals surface area contributed by atoms with Gasteiger partial charge >= 0.3 is 0 Å². The Hall–Kier alpha value is -1.82. The molecule has 4 nitrogen and oxygen atoms in total. The average Bonchev–Trinajstić information content (AvgIpc) is 3.07. The molecule has 1 aliphatic heterocycles. The van der Waals surface area contributed by atoms with Gasteiger partial charge in [-0.2, -0.15) is 0 Å². The summed E-state index contributed by atoms with van der Waals surface area (Å²) in [5.41, 5.74) is 2.23. The van der Waals surface area contributed by atoms with Crippen molar-refractivity contribution in [2.45, 2.75) is 44.2 Å². The number of morpholine rings is 1. The average molecular weight is 342 g/mol. The van der Waals surface area contributed by atoms with Gasteiger partial charge in [0.2, 0.25) is 0 Å². The van der Waals surface area contributed by atoms with E-state index in [1.165, 1.54) is 12.1 Å². The van der Waals surface area contributed by atoms with Crippen molar-refractivity contribution in [1.82, 2.24) is 9.88 Å². The van der Waals surface area contributed by atoms with E-state index in [1.54, 1.807) is 6.20 Å². The van der Waals surface area contributed by atoms with Gasteiger partial charge in [0.05, 0.1) is 25.4 Å². The predicted molar refractivity (Wildman–Crippen MR) is 92.4 cm³/mol. The minimum absolute atomic E-state index is 0.117. The van der Waals surface area contributed by atoms with Crippen molar-refractivity contribution in [2.75, 3.05) is 13.2 Å². The van der Waals surface area contributed by atoms with Crippen LogP contribution in [0.25, 0.3) is 0 Å². The molecule has 2 aliphatic rings. The Bertz CT molecular complexity index is 680. The first-order chi connectivity index (χ1) is 12.3. The van der Waals surface area contributed by atoms with Crippen LogP contribution >= 0.6 is 0 Å². The van der Waals surface area contributed by atoms with Gasteiger partial charge in [-0.1, -0.05) is 18.2 Å². The summed E-state index contributed by atoms with van der Waals surface area (Å²) in [6, 6.07) is 11.1. The highest BCUT2D eigenvalue weighted by Gasteiger charge is 2.43. The minimum atomic E-state index is -0.187. The molecule has 5 heteroatoms. The zero-order valence-corrected chi connectivity index (χ0v) is 14.2. The van der Waals surface area contributed by atoms with Crippen LogP contribution in [-0.4, -0.2) is 41.3 Å². The third-order valence-corrected chi connectivity index (χ3v) is 5.14. The molecular formula is C20H23FN2O2. The summed E-state index contributed by atoms with van der Waals surface area (Å²) in [7, 11) is 0. The van der Waals surface area contributed by atoms with E-state index in [1.807, 2.05) is 30.5 Å². The molecule has 1 aromatic carbocycles. The molecule has 2 heterocycles. The minimum Gasteiger partial charge on any atom is -0.373 e. The van der Waals surface area contributed by atoms with E-state index in [9.17, 15) is 4.39 Å². The highest BCUT2D eigenvalue weighted by atomic mass is 19.1. The molecule has 2 aromatic rings. The molecule has 3 atom stereocenters. The first-order valence-corrected chi connectivity index (χ1v) is 8.90. The summed E-state index contributed by atoms with van der Waals surface area (Å²) in [5, 5.41) is 0. The van der Waals surface area contributed by atoms with Gasteiger partial charge in [0, 0.05) is 31.5 Å². The molecule has 2 fully saturated rings. The maximum Gasteiger partial charge on any atom is 0.123 e. The van der Waals surface area contributed by atoms with Crippen molar-refractivity contribution >= 4 is 0 Å². The lowest BCUT2D eigenvalue weighted by molar-refractivity contribution is -0.118. The van der Waals surface area contributed by atoms with Gasteiger partial charge in [0.1, 0.15) is 5.82 Å². The molecule has 132 valence electrons. The molecule has 0 N–H and O–H groups in total. The third-order valence-electron chi connectivity index (χ3n) is 5.14. The van der Waals surface area contributed by atoms with Crippen LogP contribution in [0.1, 0.15) is 24.0 Å². The second-order valence-corrected chi connectivity index (χ2v) is 6.79. The Balaban J connectivity index is 1.37. The van der Waals surface area contributed by atoms with Crippen molar-refractivity contribution in [2.24, 2.45) is 0 Å². The number of hydrogen-bond donors (Lipinski definition) is 0. The fourth-order valence-corrected chi connectivity index (χ4v) is 3.88. The van der Waals surface area contributed by atoms with Gasteiger partial charge < -0.3 is 9.47 Å². The highest BCUT2D eigenvalue weighted by molar-refractivity contribution is 5.16. The number of fused-ring (bicyclic) bond motifs is 1. The molecule has 0 spiro atoms. The molecule has 1 saturated heterocycles. The number of halogens is 1. The van der Waals surface area contributed by atoms with Crippen molar-refractivity contribution < 1.29 is 13.9 Å². The number of aromatic nitrogens is 1. The molecule has 4 rings (SSSR count). The second-order valence-electron chi connectivity index (χ2n) is 6.79. The zero-order chi connectivity index (χ0) is 17.1. The summed E-state index contributed by atoms with van der Waals surface area (Å²) < 4.78 is 25.3. The maximum absolute atomic E-state index is 13.1. The van der Waals surface area contributed by atoms with Crippen LogP contribution in [0.15, 0.2) is 48.8 Å². The fourth-order valence-electron chi connectivity index (χ4n) is 3.88. The van der Waals surface area contributed by atoms with E-state index >= 15 is 0 Å².